The number of hydrogen-bond donors (Lipinski definition) is 1. The van der Waals surface area contributed by atoms with Gasteiger partial charge in [0.15, 0.2) is 0 Å². The SMILES string of the molecule is CC(c1cccc(Cl)c1)N1CC[C@H](N)C1.Cl. The molecule has 90 valence electrons. The molecule has 1 aliphatic heterocycles. The molecular weight excluding hydrogens is 243 g/mol. The van der Waals surface area contributed by atoms with Gasteiger partial charge in [0, 0.05) is 30.2 Å². The summed E-state index contributed by atoms with van der Waals surface area (Å²) < 4.78 is 0. The van der Waals surface area contributed by atoms with Gasteiger partial charge in [0.2, 0.25) is 0 Å². The van der Waals surface area contributed by atoms with Gasteiger partial charge in [-0.2, -0.15) is 0 Å². The van der Waals surface area contributed by atoms with Crippen LogP contribution in [-0.4, -0.2) is 24.0 Å². The van der Waals surface area contributed by atoms with Crippen LogP contribution in [0.3, 0.4) is 0 Å². The molecular formula is C12H18Cl2N2. The van der Waals surface area contributed by atoms with Crippen LogP contribution >= 0.6 is 24.0 Å². The van der Waals surface area contributed by atoms with Gasteiger partial charge in [-0.05, 0) is 31.0 Å². The molecule has 1 aliphatic rings. The molecule has 0 bridgehead atoms. The van der Waals surface area contributed by atoms with Crippen LogP contribution in [0, 0.1) is 0 Å². The van der Waals surface area contributed by atoms with Crippen LogP contribution in [0.4, 0.5) is 0 Å². The largest absolute Gasteiger partial charge is 0.326 e. The zero-order valence-corrected chi connectivity index (χ0v) is 11.0. The lowest BCUT2D eigenvalue weighted by Gasteiger charge is -2.24. The number of likely N-dealkylation sites (tertiary alicyclic amines) is 1. The number of halogens is 2. The highest BCUT2D eigenvalue weighted by atomic mass is 35.5. The van der Waals surface area contributed by atoms with Crippen LogP contribution < -0.4 is 5.73 Å². The van der Waals surface area contributed by atoms with Crippen molar-refractivity contribution >= 4 is 24.0 Å². The Kier molecular flexibility index (Phi) is 5.06. The molecule has 0 saturated carbocycles. The third-order valence-corrected chi connectivity index (χ3v) is 3.37. The predicted octanol–water partition coefficient (Wildman–Crippen LogP) is 2.86. The second-order valence-corrected chi connectivity index (χ2v) is 4.71. The Labute approximate surface area is 108 Å². The molecule has 0 spiro atoms. The monoisotopic (exact) mass is 260 g/mol. The fourth-order valence-corrected chi connectivity index (χ4v) is 2.34. The summed E-state index contributed by atoms with van der Waals surface area (Å²) in [6.45, 7) is 4.30. The molecule has 0 radical (unpaired) electrons. The summed E-state index contributed by atoms with van der Waals surface area (Å²) in [5, 5.41) is 0.808. The third-order valence-electron chi connectivity index (χ3n) is 3.13. The van der Waals surface area contributed by atoms with Crippen molar-refractivity contribution in [3.8, 4) is 0 Å². The first-order chi connectivity index (χ1) is 7.16. The number of rotatable bonds is 2. The van der Waals surface area contributed by atoms with Crippen LogP contribution in [0.5, 0.6) is 0 Å². The maximum atomic E-state index is 5.98. The zero-order valence-electron chi connectivity index (χ0n) is 9.40. The van der Waals surface area contributed by atoms with Crippen LogP contribution in [-0.2, 0) is 0 Å². The van der Waals surface area contributed by atoms with E-state index in [4.69, 9.17) is 17.3 Å². The number of hydrogen-bond acceptors (Lipinski definition) is 2. The smallest absolute Gasteiger partial charge is 0.0409 e. The second kappa shape index (κ2) is 5.87. The van der Waals surface area contributed by atoms with Crippen LogP contribution in [0.15, 0.2) is 24.3 Å². The molecule has 0 aliphatic carbocycles. The highest BCUT2D eigenvalue weighted by Gasteiger charge is 2.24. The van der Waals surface area contributed by atoms with Crippen LogP contribution in [0.2, 0.25) is 5.02 Å². The van der Waals surface area contributed by atoms with Crippen molar-refractivity contribution in [1.29, 1.82) is 0 Å². The third kappa shape index (κ3) is 3.11. The standard InChI is InChI=1S/C12H17ClN2.ClH/c1-9(15-6-5-12(14)8-15)10-3-2-4-11(13)7-10;/h2-4,7,9,12H,5-6,8,14H2,1H3;1H/t9?,12-;/m0./s1. The Morgan fingerprint density at radius 2 is 2.25 bits per heavy atom. The summed E-state index contributed by atoms with van der Waals surface area (Å²) in [6, 6.07) is 8.83. The molecule has 2 rings (SSSR count). The molecule has 1 heterocycles. The van der Waals surface area contributed by atoms with E-state index in [1.807, 2.05) is 18.2 Å². The van der Waals surface area contributed by atoms with Gasteiger partial charge in [-0.25, -0.2) is 0 Å². The van der Waals surface area contributed by atoms with Gasteiger partial charge in [0.1, 0.15) is 0 Å². The maximum Gasteiger partial charge on any atom is 0.0409 e. The maximum absolute atomic E-state index is 5.98. The average molecular weight is 261 g/mol. The molecule has 1 saturated heterocycles. The van der Waals surface area contributed by atoms with Crippen molar-refractivity contribution in [3.05, 3.63) is 34.9 Å². The van der Waals surface area contributed by atoms with Crippen molar-refractivity contribution in [2.75, 3.05) is 13.1 Å². The Morgan fingerprint density at radius 1 is 1.50 bits per heavy atom. The minimum Gasteiger partial charge on any atom is -0.326 e. The highest BCUT2D eigenvalue weighted by Crippen LogP contribution is 2.25. The summed E-state index contributed by atoms with van der Waals surface area (Å²) in [4.78, 5) is 2.41. The molecule has 0 amide bonds. The lowest BCUT2D eigenvalue weighted by Crippen LogP contribution is -2.28. The van der Waals surface area contributed by atoms with E-state index in [2.05, 4.69) is 17.9 Å². The van der Waals surface area contributed by atoms with Gasteiger partial charge in [-0.1, -0.05) is 23.7 Å². The molecule has 2 atom stereocenters. The number of nitrogens with zero attached hydrogens (tertiary/aromatic N) is 1. The van der Waals surface area contributed by atoms with E-state index >= 15 is 0 Å². The average Bonchev–Trinajstić information content (AvgIpc) is 2.64. The zero-order chi connectivity index (χ0) is 10.8. The summed E-state index contributed by atoms with van der Waals surface area (Å²) in [6.07, 6.45) is 1.10. The molecule has 0 aromatic heterocycles. The van der Waals surface area contributed by atoms with E-state index in [0.29, 0.717) is 12.1 Å². The molecule has 1 aromatic carbocycles. The van der Waals surface area contributed by atoms with Gasteiger partial charge in [0.25, 0.3) is 0 Å². The van der Waals surface area contributed by atoms with Gasteiger partial charge >= 0.3 is 0 Å². The predicted molar refractivity (Wildman–Crippen MR) is 71.3 cm³/mol. The fraction of sp³-hybridized carbons (Fsp3) is 0.500. The quantitative estimate of drug-likeness (QED) is 0.887. The Morgan fingerprint density at radius 3 is 2.81 bits per heavy atom. The van der Waals surface area contributed by atoms with Crippen molar-refractivity contribution in [2.24, 2.45) is 5.73 Å². The Balaban J connectivity index is 0.00000128. The van der Waals surface area contributed by atoms with E-state index in [1.54, 1.807) is 0 Å². The molecule has 1 fully saturated rings. The Bertz CT molecular complexity index is 344. The van der Waals surface area contributed by atoms with E-state index in [0.717, 1.165) is 24.5 Å². The summed E-state index contributed by atoms with van der Waals surface area (Å²) >= 11 is 5.98. The van der Waals surface area contributed by atoms with Crippen LogP contribution in [0.1, 0.15) is 24.9 Å². The Hall–Kier alpha value is -0.280. The lowest BCUT2D eigenvalue weighted by molar-refractivity contribution is 0.260. The van der Waals surface area contributed by atoms with Crippen molar-refractivity contribution in [1.82, 2.24) is 4.90 Å². The van der Waals surface area contributed by atoms with E-state index < -0.39 is 0 Å². The van der Waals surface area contributed by atoms with Gasteiger partial charge in [-0.3, -0.25) is 4.90 Å². The second-order valence-electron chi connectivity index (χ2n) is 4.27. The number of nitrogens with two attached hydrogens (primary N) is 1. The van der Waals surface area contributed by atoms with Crippen molar-refractivity contribution in [2.45, 2.75) is 25.4 Å². The van der Waals surface area contributed by atoms with Crippen molar-refractivity contribution in [3.63, 3.8) is 0 Å². The van der Waals surface area contributed by atoms with E-state index in [-0.39, 0.29) is 12.4 Å². The minimum absolute atomic E-state index is 0. The van der Waals surface area contributed by atoms with Gasteiger partial charge < -0.3 is 5.73 Å². The van der Waals surface area contributed by atoms with Crippen molar-refractivity contribution < 1.29 is 0 Å². The minimum atomic E-state index is 0. The molecule has 16 heavy (non-hydrogen) atoms. The molecule has 1 unspecified atom stereocenters. The summed E-state index contributed by atoms with van der Waals surface area (Å²) in [5.74, 6) is 0. The van der Waals surface area contributed by atoms with Gasteiger partial charge in [0.05, 0.1) is 0 Å². The van der Waals surface area contributed by atoms with Crippen LogP contribution in [0.25, 0.3) is 0 Å². The number of benzene rings is 1. The first kappa shape index (κ1) is 13.8. The molecule has 2 nitrogen and oxygen atoms in total. The molecule has 4 heteroatoms. The van der Waals surface area contributed by atoms with E-state index in [9.17, 15) is 0 Å². The first-order valence-corrected chi connectivity index (χ1v) is 5.79. The topological polar surface area (TPSA) is 29.3 Å². The summed E-state index contributed by atoms with van der Waals surface area (Å²) in [5.41, 5.74) is 7.18. The van der Waals surface area contributed by atoms with E-state index in [1.165, 1.54) is 5.56 Å². The fourth-order valence-electron chi connectivity index (χ4n) is 2.14. The van der Waals surface area contributed by atoms with Gasteiger partial charge in [-0.15, -0.1) is 12.4 Å². The highest BCUT2D eigenvalue weighted by molar-refractivity contribution is 6.30. The molecule has 1 aromatic rings. The normalized spacial score (nSPS) is 22.8. The lowest BCUT2D eigenvalue weighted by atomic mass is 10.1. The first-order valence-electron chi connectivity index (χ1n) is 5.42. The molecule has 2 N–H and O–H groups in total. The summed E-state index contributed by atoms with van der Waals surface area (Å²) in [7, 11) is 0.